The molecule has 0 aromatic heterocycles. The fourth-order valence-corrected chi connectivity index (χ4v) is 4.55. The maximum atomic E-state index is 6.10. The summed E-state index contributed by atoms with van der Waals surface area (Å²) < 4.78 is 11.7. The van der Waals surface area contributed by atoms with Gasteiger partial charge in [0.05, 0.1) is 12.2 Å². The minimum atomic E-state index is 0.0769. The van der Waals surface area contributed by atoms with E-state index < -0.39 is 0 Å². The third-order valence-electron chi connectivity index (χ3n) is 5.64. The average molecular weight is 267 g/mol. The van der Waals surface area contributed by atoms with Crippen LogP contribution in [0.2, 0.25) is 0 Å². The maximum Gasteiger partial charge on any atom is 0.0939 e. The molecule has 1 saturated carbocycles. The molecule has 1 spiro atoms. The Bertz CT molecular complexity index is 288. The van der Waals surface area contributed by atoms with E-state index in [1.165, 1.54) is 44.9 Å². The van der Waals surface area contributed by atoms with Crippen LogP contribution in [0.4, 0.5) is 0 Å². The first-order valence-corrected chi connectivity index (χ1v) is 8.22. The van der Waals surface area contributed by atoms with Crippen LogP contribution in [0.25, 0.3) is 0 Å². The van der Waals surface area contributed by atoms with Gasteiger partial charge in [-0.2, -0.15) is 0 Å². The van der Waals surface area contributed by atoms with Crippen LogP contribution >= 0.6 is 0 Å². The van der Waals surface area contributed by atoms with Crippen molar-refractivity contribution in [1.82, 2.24) is 5.32 Å². The van der Waals surface area contributed by atoms with Crippen molar-refractivity contribution in [2.75, 3.05) is 26.9 Å². The monoisotopic (exact) mass is 267 g/mol. The van der Waals surface area contributed by atoms with Gasteiger partial charge in [-0.3, -0.25) is 0 Å². The summed E-state index contributed by atoms with van der Waals surface area (Å²) in [7, 11) is 2.15. The van der Waals surface area contributed by atoms with Crippen LogP contribution in [-0.4, -0.2) is 38.5 Å². The molecule has 3 rings (SSSR count). The largest absolute Gasteiger partial charge is 0.378 e. The van der Waals surface area contributed by atoms with Crippen LogP contribution in [0.15, 0.2) is 0 Å². The zero-order valence-corrected chi connectivity index (χ0v) is 12.3. The molecule has 2 aliphatic heterocycles. The zero-order valence-electron chi connectivity index (χ0n) is 12.3. The molecular weight excluding hydrogens is 238 g/mol. The lowest BCUT2D eigenvalue weighted by Gasteiger charge is -2.42. The minimum Gasteiger partial charge on any atom is -0.378 e. The van der Waals surface area contributed by atoms with E-state index in [0.29, 0.717) is 0 Å². The minimum absolute atomic E-state index is 0.0769. The molecule has 1 N–H and O–H groups in total. The predicted molar refractivity (Wildman–Crippen MR) is 76.3 cm³/mol. The average Bonchev–Trinajstić information content (AvgIpc) is 2.75. The van der Waals surface area contributed by atoms with E-state index in [1.807, 2.05) is 0 Å². The number of hydrogen-bond acceptors (Lipinski definition) is 3. The Morgan fingerprint density at radius 3 is 2.74 bits per heavy atom. The normalized spacial score (nSPS) is 44.4. The van der Waals surface area contributed by atoms with E-state index in [1.54, 1.807) is 0 Å². The van der Waals surface area contributed by atoms with Gasteiger partial charge in [-0.25, -0.2) is 0 Å². The maximum absolute atomic E-state index is 6.10. The van der Waals surface area contributed by atoms with Crippen LogP contribution in [0, 0.1) is 11.8 Å². The van der Waals surface area contributed by atoms with Crippen molar-refractivity contribution >= 4 is 0 Å². The molecule has 0 bridgehead atoms. The molecule has 3 nitrogen and oxygen atoms in total. The smallest absolute Gasteiger partial charge is 0.0939 e. The third kappa shape index (κ3) is 2.98. The molecule has 0 amide bonds. The Labute approximate surface area is 117 Å². The van der Waals surface area contributed by atoms with E-state index in [9.17, 15) is 0 Å². The van der Waals surface area contributed by atoms with Crippen LogP contribution in [0.5, 0.6) is 0 Å². The first kappa shape index (κ1) is 13.8. The fraction of sp³-hybridized carbons (Fsp3) is 1.00. The van der Waals surface area contributed by atoms with Gasteiger partial charge in [0.15, 0.2) is 0 Å². The molecule has 3 fully saturated rings. The summed E-state index contributed by atoms with van der Waals surface area (Å²) in [6.45, 7) is 2.67. The van der Waals surface area contributed by atoms with Crippen LogP contribution in [0.3, 0.4) is 0 Å². The first-order chi connectivity index (χ1) is 9.33. The Kier molecular flexibility index (Phi) is 4.45. The quantitative estimate of drug-likeness (QED) is 0.780. The SMILES string of the molecule is CNC1CCCCCC1C1CCOC2(CCOC2)C1. The van der Waals surface area contributed by atoms with Crippen molar-refractivity contribution in [2.45, 2.75) is 63.0 Å². The Hall–Kier alpha value is -0.120. The van der Waals surface area contributed by atoms with Crippen molar-refractivity contribution in [1.29, 1.82) is 0 Å². The number of nitrogens with one attached hydrogen (secondary N) is 1. The van der Waals surface area contributed by atoms with Gasteiger partial charge in [0.1, 0.15) is 0 Å². The second-order valence-corrected chi connectivity index (χ2v) is 6.78. The molecule has 2 heterocycles. The van der Waals surface area contributed by atoms with Crippen molar-refractivity contribution in [3.05, 3.63) is 0 Å². The van der Waals surface area contributed by atoms with Gasteiger partial charge >= 0.3 is 0 Å². The lowest BCUT2D eigenvalue weighted by Crippen LogP contribution is -2.46. The fourth-order valence-electron chi connectivity index (χ4n) is 4.55. The second-order valence-electron chi connectivity index (χ2n) is 6.78. The van der Waals surface area contributed by atoms with E-state index in [0.717, 1.165) is 44.1 Å². The highest BCUT2D eigenvalue weighted by Crippen LogP contribution is 2.42. The van der Waals surface area contributed by atoms with Crippen molar-refractivity contribution in [2.24, 2.45) is 11.8 Å². The van der Waals surface area contributed by atoms with Crippen LogP contribution in [-0.2, 0) is 9.47 Å². The molecule has 3 aliphatic rings. The Morgan fingerprint density at radius 1 is 1.05 bits per heavy atom. The standard InChI is InChI=1S/C16H29NO2/c1-17-15-6-4-2-3-5-14(15)13-7-9-19-16(11-13)8-10-18-12-16/h13-15,17H,2-12H2,1H3. The summed E-state index contributed by atoms with van der Waals surface area (Å²) >= 11 is 0. The number of rotatable bonds is 2. The molecule has 0 aromatic carbocycles. The summed E-state index contributed by atoms with van der Waals surface area (Å²) in [5.74, 6) is 1.69. The second kappa shape index (κ2) is 6.11. The molecule has 19 heavy (non-hydrogen) atoms. The van der Waals surface area contributed by atoms with E-state index in [-0.39, 0.29) is 5.60 Å². The molecular formula is C16H29NO2. The molecule has 2 saturated heterocycles. The highest BCUT2D eigenvalue weighted by atomic mass is 16.6. The topological polar surface area (TPSA) is 30.5 Å². The molecule has 3 heteroatoms. The Morgan fingerprint density at radius 2 is 1.95 bits per heavy atom. The van der Waals surface area contributed by atoms with Gasteiger partial charge in [-0.05, 0) is 44.6 Å². The van der Waals surface area contributed by atoms with E-state index in [4.69, 9.17) is 9.47 Å². The summed E-state index contributed by atoms with van der Waals surface area (Å²) in [6.07, 6.45) is 10.6. The van der Waals surface area contributed by atoms with Gasteiger partial charge in [0, 0.05) is 25.7 Å². The van der Waals surface area contributed by atoms with Gasteiger partial charge < -0.3 is 14.8 Å². The van der Waals surface area contributed by atoms with Crippen LogP contribution < -0.4 is 5.32 Å². The van der Waals surface area contributed by atoms with Crippen molar-refractivity contribution < 1.29 is 9.47 Å². The van der Waals surface area contributed by atoms with E-state index in [2.05, 4.69) is 12.4 Å². The molecule has 0 radical (unpaired) electrons. The number of ether oxygens (including phenoxy) is 2. The first-order valence-electron chi connectivity index (χ1n) is 8.22. The summed E-state index contributed by atoms with van der Waals surface area (Å²) in [6, 6.07) is 0.727. The van der Waals surface area contributed by atoms with Crippen molar-refractivity contribution in [3.63, 3.8) is 0 Å². The lowest BCUT2D eigenvalue weighted by molar-refractivity contribution is -0.109. The summed E-state index contributed by atoms with van der Waals surface area (Å²) in [4.78, 5) is 0. The molecule has 1 aliphatic carbocycles. The molecule has 0 aromatic rings. The number of hydrogen-bond donors (Lipinski definition) is 1. The zero-order chi connectivity index (χ0) is 13.1. The highest BCUT2D eigenvalue weighted by Gasteiger charge is 2.44. The third-order valence-corrected chi connectivity index (χ3v) is 5.64. The predicted octanol–water partition coefficient (Wildman–Crippen LogP) is 2.74. The summed E-state index contributed by atoms with van der Waals surface area (Å²) in [5.41, 5.74) is 0.0769. The lowest BCUT2D eigenvalue weighted by atomic mass is 9.73. The molecule has 4 unspecified atom stereocenters. The van der Waals surface area contributed by atoms with Crippen LogP contribution in [0.1, 0.15) is 51.4 Å². The van der Waals surface area contributed by atoms with Gasteiger partial charge in [-0.15, -0.1) is 0 Å². The van der Waals surface area contributed by atoms with Gasteiger partial charge in [-0.1, -0.05) is 19.3 Å². The summed E-state index contributed by atoms with van der Waals surface area (Å²) in [5, 5.41) is 3.60. The van der Waals surface area contributed by atoms with E-state index >= 15 is 0 Å². The van der Waals surface area contributed by atoms with Gasteiger partial charge in [0.2, 0.25) is 0 Å². The van der Waals surface area contributed by atoms with Crippen molar-refractivity contribution in [3.8, 4) is 0 Å². The molecule has 110 valence electrons. The highest BCUT2D eigenvalue weighted by molar-refractivity contribution is 4.94. The Balaban J connectivity index is 1.68. The molecule has 4 atom stereocenters. The van der Waals surface area contributed by atoms with Gasteiger partial charge in [0.25, 0.3) is 0 Å².